The van der Waals surface area contributed by atoms with Gasteiger partial charge in [-0.2, -0.15) is 5.26 Å². The standard InChI is InChI=1S/C10H10ClNO/c1-10(11,8-12)13-7-9-5-3-2-4-6-9/h2-6H,7H2,1H3. The number of rotatable bonds is 3. The summed E-state index contributed by atoms with van der Waals surface area (Å²) in [4.78, 5) is 0. The van der Waals surface area contributed by atoms with Crippen molar-refractivity contribution in [2.75, 3.05) is 0 Å². The van der Waals surface area contributed by atoms with Crippen molar-refractivity contribution in [3.63, 3.8) is 0 Å². The smallest absolute Gasteiger partial charge is 0.226 e. The second-order valence-electron chi connectivity index (χ2n) is 2.80. The normalized spacial score (nSPS) is 14.5. The Hall–Kier alpha value is -1.04. The fourth-order valence-electron chi connectivity index (χ4n) is 0.825. The van der Waals surface area contributed by atoms with Gasteiger partial charge in [0.15, 0.2) is 0 Å². The third kappa shape index (κ3) is 3.45. The van der Waals surface area contributed by atoms with Crippen LogP contribution >= 0.6 is 11.6 Å². The summed E-state index contributed by atoms with van der Waals surface area (Å²) in [6, 6.07) is 11.4. The van der Waals surface area contributed by atoms with E-state index in [1.54, 1.807) is 0 Å². The predicted molar refractivity (Wildman–Crippen MR) is 51.1 cm³/mol. The van der Waals surface area contributed by atoms with Crippen LogP contribution in [0.4, 0.5) is 0 Å². The molecule has 2 nitrogen and oxygen atoms in total. The maximum Gasteiger partial charge on any atom is 0.226 e. The second kappa shape index (κ2) is 4.27. The minimum atomic E-state index is -1.23. The lowest BCUT2D eigenvalue weighted by molar-refractivity contribution is 0.0587. The van der Waals surface area contributed by atoms with Crippen LogP contribution in [0.3, 0.4) is 0 Å². The van der Waals surface area contributed by atoms with Gasteiger partial charge in [-0.15, -0.1) is 0 Å². The summed E-state index contributed by atoms with van der Waals surface area (Å²) in [5.74, 6) is 0. The van der Waals surface area contributed by atoms with E-state index in [1.807, 2.05) is 36.4 Å². The molecule has 0 aromatic heterocycles. The number of ether oxygens (including phenoxy) is 1. The van der Waals surface area contributed by atoms with Gasteiger partial charge in [0.2, 0.25) is 5.06 Å². The molecule has 0 fully saturated rings. The Kier molecular flexibility index (Phi) is 3.30. The summed E-state index contributed by atoms with van der Waals surface area (Å²) in [5.41, 5.74) is 1.00. The zero-order valence-electron chi connectivity index (χ0n) is 7.33. The molecule has 0 aliphatic carbocycles. The summed E-state index contributed by atoms with van der Waals surface area (Å²) < 4.78 is 5.17. The largest absolute Gasteiger partial charge is 0.343 e. The Morgan fingerprint density at radius 2 is 2.08 bits per heavy atom. The summed E-state index contributed by atoms with van der Waals surface area (Å²) in [6.45, 7) is 1.88. The van der Waals surface area contributed by atoms with Crippen LogP contribution in [0.1, 0.15) is 12.5 Å². The molecule has 0 saturated carbocycles. The number of alkyl halides is 1. The van der Waals surface area contributed by atoms with Gasteiger partial charge >= 0.3 is 0 Å². The molecular formula is C10H10ClNO. The lowest BCUT2D eigenvalue weighted by atomic mass is 10.2. The maximum absolute atomic E-state index is 8.57. The van der Waals surface area contributed by atoms with Gasteiger partial charge < -0.3 is 4.74 Å². The Morgan fingerprint density at radius 3 is 2.62 bits per heavy atom. The lowest BCUT2D eigenvalue weighted by Crippen LogP contribution is -2.17. The van der Waals surface area contributed by atoms with Gasteiger partial charge in [-0.05, 0) is 12.5 Å². The van der Waals surface area contributed by atoms with Crippen molar-refractivity contribution in [3.8, 4) is 6.07 Å². The van der Waals surface area contributed by atoms with E-state index in [1.165, 1.54) is 6.92 Å². The minimum absolute atomic E-state index is 0.356. The van der Waals surface area contributed by atoms with Crippen molar-refractivity contribution in [3.05, 3.63) is 35.9 Å². The van der Waals surface area contributed by atoms with Gasteiger partial charge in [0, 0.05) is 0 Å². The molecule has 1 unspecified atom stereocenters. The molecule has 0 aliphatic rings. The second-order valence-corrected chi connectivity index (χ2v) is 3.52. The third-order valence-corrected chi connectivity index (χ3v) is 1.75. The van der Waals surface area contributed by atoms with Gasteiger partial charge in [-0.25, -0.2) is 0 Å². The van der Waals surface area contributed by atoms with Crippen LogP contribution in [0.2, 0.25) is 0 Å². The first-order chi connectivity index (χ1) is 6.14. The lowest BCUT2D eigenvalue weighted by Gasteiger charge is -2.13. The Balaban J connectivity index is 2.50. The van der Waals surface area contributed by atoms with E-state index in [9.17, 15) is 0 Å². The highest BCUT2D eigenvalue weighted by atomic mass is 35.5. The molecule has 1 aromatic rings. The molecule has 0 spiro atoms. The van der Waals surface area contributed by atoms with Gasteiger partial charge in [0.25, 0.3) is 0 Å². The van der Waals surface area contributed by atoms with E-state index in [4.69, 9.17) is 21.6 Å². The summed E-state index contributed by atoms with van der Waals surface area (Å²) in [7, 11) is 0. The summed E-state index contributed by atoms with van der Waals surface area (Å²) in [5, 5.41) is 7.34. The molecule has 13 heavy (non-hydrogen) atoms. The molecule has 0 heterocycles. The highest BCUT2D eigenvalue weighted by molar-refractivity contribution is 6.24. The number of benzene rings is 1. The van der Waals surface area contributed by atoms with Crippen LogP contribution in [-0.4, -0.2) is 5.06 Å². The zero-order chi connectivity index (χ0) is 9.73. The van der Waals surface area contributed by atoms with E-state index in [2.05, 4.69) is 0 Å². The van der Waals surface area contributed by atoms with E-state index in [0.29, 0.717) is 6.61 Å². The number of nitrogens with zero attached hydrogens (tertiary/aromatic N) is 1. The van der Waals surface area contributed by atoms with E-state index < -0.39 is 5.06 Å². The molecule has 0 N–H and O–H groups in total. The molecule has 0 bridgehead atoms. The molecule has 1 atom stereocenters. The Morgan fingerprint density at radius 1 is 1.46 bits per heavy atom. The zero-order valence-corrected chi connectivity index (χ0v) is 8.08. The van der Waals surface area contributed by atoms with Crippen molar-refractivity contribution >= 4 is 11.6 Å². The molecule has 3 heteroatoms. The quantitative estimate of drug-likeness (QED) is 0.695. The van der Waals surface area contributed by atoms with Gasteiger partial charge in [0.1, 0.15) is 6.07 Å². The Bertz CT molecular complexity index is 302. The highest BCUT2D eigenvalue weighted by Crippen LogP contribution is 2.16. The van der Waals surface area contributed by atoms with Gasteiger partial charge in [0.05, 0.1) is 6.61 Å². The number of hydrogen-bond donors (Lipinski definition) is 0. The van der Waals surface area contributed by atoms with Crippen LogP contribution < -0.4 is 0 Å². The Labute approximate surface area is 82.7 Å². The summed E-state index contributed by atoms with van der Waals surface area (Å²) in [6.07, 6.45) is 0. The number of nitriles is 1. The predicted octanol–water partition coefficient (Wildman–Crippen LogP) is 2.68. The molecule has 0 aliphatic heterocycles. The minimum Gasteiger partial charge on any atom is -0.343 e. The average Bonchev–Trinajstić information content (AvgIpc) is 2.17. The van der Waals surface area contributed by atoms with E-state index in [0.717, 1.165) is 5.56 Å². The highest BCUT2D eigenvalue weighted by Gasteiger charge is 2.19. The molecule has 1 aromatic carbocycles. The molecule has 68 valence electrons. The molecule has 1 rings (SSSR count). The van der Waals surface area contributed by atoms with E-state index in [-0.39, 0.29) is 0 Å². The monoisotopic (exact) mass is 195 g/mol. The average molecular weight is 196 g/mol. The SMILES string of the molecule is CC(Cl)(C#N)OCc1ccccc1. The van der Waals surface area contributed by atoms with Crippen molar-refractivity contribution in [1.82, 2.24) is 0 Å². The van der Waals surface area contributed by atoms with Crippen LogP contribution in [-0.2, 0) is 11.3 Å². The van der Waals surface area contributed by atoms with Crippen LogP contribution in [0.25, 0.3) is 0 Å². The van der Waals surface area contributed by atoms with Crippen molar-refractivity contribution in [2.24, 2.45) is 0 Å². The number of halogens is 1. The van der Waals surface area contributed by atoms with Crippen LogP contribution in [0, 0.1) is 11.3 Å². The molecule has 0 amide bonds. The summed E-state index contributed by atoms with van der Waals surface area (Å²) >= 11 is 5.69. The van der Waals surface area contributed by atoms with Crippen molar-refractivity contribution in [1.29, 1.82) is 5.26 Å². The van der Waals surface area contributed by atoms with Crippen LogP contribution in [0.15, 0.2) is 30.3 Å². The first-order valence-corrected chi connectivity index (χ1v) is 4.30. The van der Waals surface area contributed by atoms with Gasteiger partial charge in [-0.3, -0.25) is 0 Å². The fourth-order valence-corrected chi connectivity index (χ4v) is 0.880. The molecular weight excluding hydrogens is 186 g/mol. The first kappa shape index (κ1) is 10.0. The maximum atomic E-state index is 8.57. The van der Waals surface area contributed by atoms with Crippen molar-refractivity contribution in [2.45, 2.75) is 18.6 Å². The van der Waals surface area contributed by atoms with Crippen LogP contribution in [0.5, 0.6) is 0 Å². The van der Waals surface area contributed by atoms with Crippen molar-refractivity contribution < 1.29 is 4.74 Å². The first-order valence-electron chi connectivity index (χ1n) is 3.92. The van der Waals surface area contributed by atoms with E-state index >= 15 is 0 Å². The number of hydrogen-bond acceptors (Lipinski definition) is 2. The third-order valence-electron chi connectivity index (χ3n) is 1.55. The fraction of sp³-hybridized carbons (Fsp3) is 0.300. The molecule has 0 radical (unpaired) electrons. The van der Waals surface area contributed by atoms with Gasteiger partial charge in [-0.1, -0.05) is 41.9 Å². The topological polar surface area (TPSA) is 33.0 Å². The molecule has 0 saturated heterocycles.